The van der Waals surface area contributed by atoms with E-state index in [-0.39, 0.29) is 69.1 Å². The van der Waals surface area contributed by atoms with Gasteiger partial charge in [0.2, 0.25) is 5.91 Å². The zero-order chi connectivity index (χ0) is 44.8. The molecule has 5 amide bonds. The normalized spacial score (nSPS) is 21.2. The van der Waals surface area contributed by atoms with Crippen molar-refractivity contribution in [1.29, 1.82) is 0 Å². The average molecular weight is 884 g/mol. The molecule has 5 aliphatic rings. The van der Waals surface area contributed by atoms with Crippen LogP contribution in [0.25, 0.3) is 16.9 Å². The first-order valence-corrected chi connectivity index (χ1v) is 21.0. The highest BCUT2D eigenvalue weighted by atomic mass is 19.3. The molecule has 1 saturated carbocycles. The summed E-state index contributed by atoms with van der Waals surface area (Å²) in [6.07, 6.45) is 2.64. The van der Waals surface area contributed by atoms with Gasteiger partial charge < -0.3 is 20.4 Å². The molecule has 4 aliphatic heterocycles. The molecule has 332 valence electrons. The summed E-state index contributed by atoms with van der Waals surface area (Å²) in [5.74, 6) is -6.15. The number of hydrogen-bond acceptors (Lipinski definition) is 10. The number of imidazole rings is 1. The Hall–Kier alpha value is -6.70. The number of pyridine rings is 1. The monoisotopic (exact) mass is 883 g/mol. The second-order valence-electron chi connectivity index (χ2n) is 17.2. The van der Waals surface area contributed by atoms with Gasteiger partial charge in [0.1, 0.15) is 23.5 Å². The molecule has 3 N–H and O–H groups in total. The number of aromatic nitrogens is 4. The summed E-state index contributed by atoms with van der Waals surface area (Å²) < 4.78 is 78.2. The van der Waals surface area contributed by atoms with Gasteiger partial charge in [-0.3, -0.25) is 34.5 Å². The molecular weight excluding hydrogens is 842 g/mol. The third-order valence-corrected chi connectivity index (χ3v) is 13.1. The van der Waals surface area contributed by atoms with E-state index in [1.165, 1.54) is 33.9 Å². The van der Waals surface area contributed by atoms with Crippen molar-refractivity contribution in [2.24, 2.45) is 5.41 Å². The quantitative estimate of drug-likeness (QED) is 0.164. The van der Waals surface area contributed by atoms with Gasteiger partial charge in [-0.05, 0) is 60.7 Å². The molecule has 1 aliphatic carbocycles. The predicted octanol–water partition coefficient (Wildman–Crippen LogP) is 5.38. The second-order valence-corrected chi connectivity index (χ2v) is 17.2. The van der Waals surface area contributed by atoms with E-state index in [1.807, 2.05) is 17.0 Å². The van der Waals surface area contributed by atoms with Crippen molar-refractivity contribution in [2.45, 2.75) is 57.3 Å². The topological polar surface area (TPSA) is 160 Å². The van der Waals surface area contributed by atoms with Gasteiger partial charge in [-0.1, -0.05) is 12.1 Å². The Labute approximate surface area is 362 Å². The van der Waals surface area contributed by atoms with Gasteiger partial charge in [-0.15, -0.1) is 5.10 Å². The van der Waals surface area contributed by atoms with Gasteiger partial charge >= 0.3 is 6.03 Å². The van der Waals surface area contributed by atoms with Gasteiger partial charge in [-0.2, -0.15) is 0 Å². The minimum atomic E-state index is -3.31. The van der Waals surface area contributed by atoms with Crippen molar-refractivity contribution in [3.8, 4) is 11.3 Å². The van der Waals surface area contributed by atoms with E-state index in [4.69, 9.17) is 5.10 Å². The first-order valence-electron chi connectivity index (χ1n) is 21.0. The highest BCUT2D eigenvalue weighted by molar-refractivity contribution is 6.06. The average Bonchev–Trinajstić information content (AvgIpc) is 3.56. The fraction of sp³-hybridized carbons (Fsp3) is 0.386. The zero-order valence-corrected chi connectivity index (χ0v) is 34.7. The van der Waals surface area contributed by atoms with Crippen molar-refractivity contribution in [1.82, 2.24) is 40.0 Å². The number of alkyl halides is 3. The third-order valence-electron chi connectivity index (χ3n) is 13.1. The van der Waals surface area contributed by atoms with Gasteiger partial charge in [0.25, 0.3) is 17.7 Å². The maximum absolute atomic E-state index is 16.0. The lowest BCUT2D eigenvalue weighted by molar-refractivity contribution is -0.220. The number of amides is 5. The van der Waals surface area contributed by atoms with Crippen LogP contribution in [0.2, 0.25) is 0 Å². The number of nitrogens with one attached hydrogen (secondary N) is 3. The summed E-state index contributed by atoms with van der Waals surface area (Å²) in [7, 11) is 1.72. The molecule has 7 heterocycles. The van der Waals surface area contributed by atoms with Crippen LogP contribution in [0, 0.1) is 24.0 Å². The predicted molar refractivity (Wildman–Crippen MR) is 223 cm³/mol. The van der Waals surface area contributed by atoms with Crippen LogP contribution < -0.4 is 25.8 Å². The number of rotatable bonds is 9. The van der Waals surface area contributed by atoms with E-state index < -0.39 is 71.0 Å². The summed E-state index contributed by atoms with van der Waals surface area (Å²) in [5.41, 5.74) is 2.70. The van der Waals surface area contributed by atoms with Crippen LogP contribution in [0.5, 0.6) is 0 Å². The Morgan fingerprint density at radius 2 is 1.72 bits per heavy atom. The molecule has 0 radical (unpaired) electrons. The first-order chi connectivity index (χ1) is 30.6. The standard InChI is InChI=1S/C44H42F5N11O4/c1-23-12-28(45)27(14-34(23)59-10-7-37(61)54-42(59)64)41(63)57-11-8-43(44(48,49)22-57)20-56(21-43)19-24-13-30(47)38(51-17-24)26-4-3-5-33-25(26)6-9-58(33)36-16-32(50-2)39-52-18-35(60(39)55-36)40(62)53-31-15-29(31)46/h3-5,12-14,16-18,29,31,50H,6-11,15,19-22H2,1-2H3,(H,53,62)(H,54,61,64)/t29-,31?/m0/s1. The number of halogens is 5. The second kappa shape index (κ2) is 15.2. The number of hydrogen-bond donors (Lipinski definition) is 3. The van der Waals surface area contributed by atoms with Gasteiger partial charge in [0, 0.05) is 88.4 Å². The Bertz CT molecular complexity index is 2800. The van der Waals surface area contributed by atoms with Crippen molar-refractivity contribution in [3.63, 3.8) is 0 Å². The minimum absolute atomic E-state index is 0.00179. The third kappa shape index (κ3) is 6.94. The molecule has 10 rings (SSSR count). The zero-order valence-electron chi connectivity index (χ0n) is 34.7. The van der Waals surface area contributed by atoms with Crippen LogP contribution in [0.4, 0.5) is 49.6 Å². The Morgan fingerprint density at radius 1 is 0.938 bits per heavy atom. The van der Waals surface area contributed by atoms with Crippen LogP contribution in [0.15, 0.2) is 54.9 Å². The van der Waals surface area contributed by atoms with Crippen LogP contribution >= 0.6 is 0 Å². The molecule has 3 aromatic heterocycles. The Kier molecular flexibility index (Phi) is 9.84. The number of fused-ring (bicyclic) bond motifs is 2. The van der Waals surface area contributed by atoms with Gasteiger partial charge in [0.15, 0.2) is 17.2 Å². The number of benzene rings is 2. The molecular formula is C44H42F5N11O4. The summed E-state index contributed by atoms with van der Waals surface area (Å²) in [6, 6.07) is 9.66. The molecule has 1 spiro atoms. The number of urea groups is 1. The number of carbonyl (C=O) groups is 4. The number of aryl methyl sites for hydroxylation is 1. The smallest absolute Gasteiger partial charge is 0.328 e. The van der Waals surface area contributed by atoms with E-state index in [0.29, 0.717) is 46.8 Å². The minimum Gasteiger partial charge on any atom is -0.385 e. The van der Waals surface area contributed by atoms with E-state index in [0.717, 1.165) is 22.2 Å². The maximum atomic E-state index is 16.0. The number of imide groups is 1. The first kappa shape index (κ1) is 41.3. The van der Waals surface area contributed by atoms with Crippen LogP contribution in [-0.4, -0.2) is 118 Å². The van der Waals surface area contributed by atoms with E-state index in [9.17, 15) is 23.6 Å². The molecule has 2 aromatic carbocycles. The fourth-order valence-electron chi connectivity index (χ4n) is 9.48. The van der Waals surface area contributed by atoms with E-state index >= 15 is 17.6 Å². The maximum Gasteiger partial charge on any atom is 0.328 e. The largest absolute Gasteiger partial charge is 0.385 e. The Morgan fingerprint density at radius 3 is 2.44 bits per heavy atom. The van der Waals surface area contributed by atoms with Gasteiger partial charge in [0.05, 0.1) is 35.4 Å². The molecule has 64 heavy (non-hydrogen) atoms. The molecule has 0 bridgehead atoms. The molecule has 1 unspecified atom stereocenters. The summed E-state index contributed by atoms with van der Waals surface area (Å²) in [6.45, 7) is 1.27. The molecule has 4 fully saturated rings. The van der Waals surface area contributed by atoms with Crippen molar-refractivity contribution >= 4 is 52.3 Å². The van der Waals surface area contributed by atoms with Crippen molar-refractivity contribution < 1.29 is 41.1 Å². The highest BCUT2D eigenvalue weighted by Crippen LogP contribution is 2.51. The van der Waals surface area contributed by atoms with E-state index in [1.54, 1.807) is 31.0 Å². The number of anilines is 4. The van der Waals surface area contributed by atoms with Crippen LogP contribution in [0.3, 0.4) is 0 Å². The van der Waals surface area contributed by atoms with Crippen LogP contribution in [-0.2, 0) is 17.8 Å². The number of likely N-dealkylation sites (tertiary alicyclic amines) is 2. The van der Waals surface area contributed by atoms with Crippen molar-refractivity contribution in [3.05, 3.63) is 94.4 Å². The van der Waals surface area contributed by atoms with E-state index in [2.05, 4.69) is 25.9 Å². The van der Waals surface area contributed by atoms with Gasteiger partial charge in [-0.25, -0.2) is 36.2 Å². The number of carbonyl (C=O) groups excluding carboxylic acids is 4. The van der Waals surface area contributed by atoms with Crippen molar-refractivity contribution in [2.75, 3.05) is 61.4 Å². The summed E-state index contributed by atoms with van der Waals surface area (Å²) in [5, 5.41) is 12.7. The molecule has 5 aromatic rings. The van der Waals surface area contributed by atoms with Crippen LogP contribution in [0.1, 0.15) is 56.8 Å². The number of nitrogens with zero attached hydrogens (tertiary/aromatic N) is 8. The fourth-order valence-corrected chi connectivity index (χ4v) is 9.48. The molecule has 15 nitrogen and oxygen atoms in total. The molecule has 20 heteroatoms. The lowest BCUT2D eigenvalue weighted by Gasteiger charge is -2.57. The SMILES string of the molecule is CNc1cc(N2CCc3c(-c4ncc(CN5CC6(CCN(C(=O)c7cc(N8CCC(=O)NC8=O)c(C)cc7F)CC6(F)F)C5)cc4F)cccc32)nn2c(C(=O)NC3C[C@@H]3F)cnc12. The lowest BCUT2D eigenvalue weighted by atomic mass is 9.69. The summed E-state index contributed by atoms with van der Waals surface area (Å²) in [4.78, 5) is 65.5. The Balaban J connectivity index is 0.809. The summed E-state index contributed by atoms with van der Waals surface area (Å²) >= 11 is 0. The highest BCUT2D eigenvalue weighted by Gasteiger charge is 2.63. The lowest BCUT2D eigenvalue weighted by Crippen LogP contribution is -2.70. The number of piperidine rings is 1. The molecule has 3 saturated heterocycles. The molecule has 2 atom stereocenters.